The summed E-state index contributed by atoms with van der Waals surface area (Å²) in [6.45, 7) is 3.76. The number of halogens is 2. The van der Waals surface area contributed by atoms with Crippen LogP contribution in [0.2, 0.25) is 0 Å². The molecule has 1 aliphatic carbocycles. The van der Waals surface area contributed by atoms with Crippen LogP contribution < -0.4 is 26.4 Å². The highest BCUT2D eigenvalue weighted by molar-refractivity contribution is 5.89. The number of nitrogens with one attached hydrogen (secondary N) is 3. The van der Waals surface area contributed by atoms with E-state index in [1.54, 1.807) is 42.2 Å². The first-order chi connectivity index (χ1) is 19.4. The van der Waals surface area contributed by atoms with Crippen LogP contribution in [0.15, 0.2) is 42.7 Å². The van der Waals surface area contributed by atoms with E-state index in [2.05, 4.69) is 30.9 Å². The molecule has 3 aromatic heterocycles. The highest BCUT2D eigenvalue weighted by Gasteiger charge is 2.32. The zero-order valence-corrected chi connectivity index (χ0v) is 22.0. The highest BCUT2D eigenvalue weighted by atomic mass is 19.1. The third kappa shape index (κ3) is 5.99. The molecule has 0 spiro atoms. The van der Waals surface area contributed by atoms with Gasteiger partial charge in [0.25, 0.3) is 0 Å². The summed E-state index contributed by atoms with van der Waals surface area (Å²) in [4.78, 5) is 25.4. The Hall–Kier alpha value is -4.65. The minimum absolute atomic E-state index is 0.0567. The number of nitrogens with two attached hydrogens (primary N) is 1. The second-order valence-electron chi connectivity index (χ2n) is 9.25. The van der Waals surface area contributed by atoms with Crippen molar-refractivity contribution in [2.45, 2.75) is 39.2 Å². The van der Waals surface area contributed by atoms with E-state index in [1.165, 1.54) is 12.1 Å². The Kier molecular flexibility index (Phi) is 7.82. The number of carbonyl (C=O) groups excluding carboxylic acids is 1. The van der Waals surface area contributed by atoms with Gasteiger partial charge >= 0.3 is 6.03 Å². The van der Waals surface area contributed by atoms with Gasteiger partial charge in [-0.05, 0) is 38.8 Å². The Balaban J connectivity index is 1.55. The van der Waals surface area contributed by atoms with Crippen LogP contribution in [-0.4, -0.2) is 44.0 Å². The second kappa shape index (κ2) is 11.6. The molecule has 13 heteroatoms. The molecule has 0 atom stereocenters. The van der Waals surface area contributed by atoms with E-state index >= 15 is 0 Å². The highest BCUT2D eigenvalue weighted by Crippen LogP contribution is 2.44. The molecule has 1 saturated carbocycles. The van der Waals surface area contributed by atoms with Gasteiger partial charge in [0, 0.05) is 59.0 Å². The van der Waals surface area contributed by atoms with Crippen LogP contribution in [0.5, 0.6) is 5.75 Å². The maximum Gasteiger partial charge on any atom is 0.321 e. The summed E-state index contributed by atoms with van der Waals surface area (Å²) >= 11 is 0. The minimum Gasteiger partial charge on any atom is -0.494 e. The second-order valence-corrected chi connectivity index (χ2v) is 9.25. The largest absolute Gasteiger partial charge is 0.494 e. The zero-order chi connectivity index (χ0) is 28.2. The molecule has 0 radical (unpaired) electrons. The van der Waals surface area contributed by atoms with Gasteiger partial charge in [-0.25, -0.2) is 23.5 Å². The average Bonchev–Trinajstić information content (AvgIpc) is 3.69. The van der Waals surface area contributed by atoms with E-state index in [1.807, 2.05) is 6.92 Å². The number of anilines is 3. The van der Waals surface area contributed by atoms with Gasteiger partial charge in [0.05, 0.1) is 19.8 Å². The van der Waals surface area contributed by atoms with Crippen molar-refractivity contribution in [3.05, 3.63) is 71.2 Å². The maximum atomic E-state index is 14.9. The summed E-state index contributed by atoms with van der Waals surface area (Å²) in [5, 5.41) is 13.0. The first kappa shape index (κ1) is 26.9. The van der Waals surface area contributed by atoms with Gasteiger partial charge in [0.2, 0.25) is 0 Å². The first-order valence-corrected chi connectivity index (χ1v) is 12.9. The van der Waals surface area contributed by atoms with Crippen molar-refractivity contribution >= 4 is 23.4 Å². The van der Waals surface area contributed by atoms with Crippen LogP contribution in [0.3, 0.4) is 0 Å². The number of amides is 2. The molecule has 4 aromatic rings. The van der Waals surface area contributed by atoms with Gasteiger partial charge in [-0.3, -0.25) is 15.0 Å². The summed E-state index contributed by atoms with van der Waals surface area (Å²) in [6, 6.07) is 6.92. The Morgan fingerprint density at radius 1 is 1.12 bits per heavy atom. The van der Waals surface area contributed by atoms with E-state index in [0.29, 0.717) is 18.1 Å². The number of hydrogen-bond acceptors (Lipinski definition) is 8. The smallest absolute Gasteiger partial charge is 0.321 e. The molecule has 2 amide bonds. The molecule has 11 nitrogen and oxygen atoms in total. The number of benzene rings is 1. The average molecular weight is 550 g/mol. The van der Waals surface area contributed by atoms with Crippen molar-refractivity contribution in [2.24, 2.45) is 5.73 Å². The molecule has 3 heterocycles. The molecule has 208 valence electrons. The number of rotatable bonds is 10. The van der Waals surface area contributed by atoms with Crippen LogP contribution in [0.4, 0.5) is 30.9 Å². The lowest BCUT2D eigenvalue weighted by Crippen LogP contribution is -2.33. The number of carbonyl (C=O) groups is 1. The molecular formula is C27H29F2N9O2. The van der Waals surface area contributed by atoms with E-state index in [9.17, 15) is 13.6 Å². The standard InChI is InChI=1S/C27H29F2N9O2/c1-3-40-18-10-20(28)19(21(29)11-18)13-38-25(16-4-5-16)15(2)24(37-38)26-34-22(33-17-6-8-31-9-7-17)12-23(35-26)36-27(39)32-14-30/h6-12,16H,3-5,13-14,30H2,1-2H3,(H3,31,32,33,34,35,36,39). The van der Waals surface area contributed by atoms with Crippen molar-refractivity contribution in [1.82, 2.24) is 30.0 Å². The van der Waals surface area contributed by atoms with E-state index in [-0.39, 0.29) is 42.1 Å². The van der Waals surface area contributed by atoms with Crippen molar-refractivity contribution in [2.75, 3.05) is 23.9 Å². The molecule has 0 saturated heterocycles. The summed E-state index contributed by atoms with van der Waals surface area (Å²) in [5.74, 6) is -0.252. The summed E-state index contributed by atoms with van der Waals surface area (Å²) in [5.41, 5.74) is 8.13. The minimum atomic E-state index is -0.711. The number of ether oxygens (including phenoxy) is 1. The zero-order valence-electron chi connectivity index (χ0n) is 22.0. The van der Waals surface area contributed by atoms with Gasteiger partial charge in [0.1, 0.15) is 34.7 Å². The summed E-state index contributed by atoms with van der Waals surface area (Å²) < 4.78 is 36.8. The van der Waals surface area contributed by atoms with Gasteiger partial charge in [-0.15, -0.1) is 0 Å². The van der Waals surface area contributed by atoms with Crippen LogP contribution >= 0.6 is 0 Å². The fourth-order valence-electron chi connectivity index (χ4n) is 4.42. The van der Waals surface area contributed by atoms with Crippen molar-refractivity contribution in [3.63, 3.8) is 0 Å². The van der Waals surface area contributed by atoms with E-state index < -0.39 is 17.7 Å². The van der Waals surface area contributed by atoms with Crippen molar-refractivity contribution in [3.8, 4) is 17.3 Å². The number of urea groups is 1. The van der Waals surface area contributed by atoms with Gasteiger partial charge in [-0.2, -0.15) is 5.10 Å². The van der Waals surface area contributed by atoms with Gasteiger partial charge in [-0.1, -0.05) is 0 Å². The topological polar surface area (TPSA) is 145 Å². The van der Waals surface area contributed by atoms with Crippen LogP contribution in [0.25, 0.3) is 11.5 Å². The quantitative estimate of drug-likeness (QED) is 0.213. The number of aromatic nitrogens is 5. The first-order valence-electron chi connectivity index (χ1n) is 12.9. The van der Waals surface area contributed by atoms with E-state index in [0.717, 1.165) is 29.8 Å². The van der Waals surface area contributed by atoms with Gasteiger partial charge in [0.15, 0.2) is 5.82 Å². The molecule has 1 aromatic carbocycles. The molecule has 40 heavy (non-hydrogen) atoms. The molecule has 0 aliphatic heterocycles. The predicted molar refractivity (Wildman–Crippen MR) is 145 cm³/mol. The Morgan fingerprint density at radius 2 is 1.82 bits per heavy atom. The molecule has 0 bridgehead atoms. The predicted octanol–water partition coefficient (Wildman–Crippen LogP) is 4.43. The third-order valence-electron chi connectivity index (χ3n) is 6.33. The summed E-state index contributed by atoms with van der Waals surface area (Å²) in [7, 11) is 0. The number of pyridine rings is 1. The molecular weight excluding hydrogens is 520 g/mol. The lowest BCUT2D eigenvalue weighted by atomic mass is 10.1. The van der Waals surface area contributed by atoms with Crippen LogP contribution in [-0.2, 0) is 6.54 Å². The molecule has 0 unspecified atom stereocenters. The fourth-order valence-corrected chi connectivity index (χ4v) is 4.42. The maximum absolute atomic E-state index is 14.9. The number of hydrogen-bond donors (Lipinski definition) is 4. The Labute approximate surface area is 229 Å². The third-order valence-corrected chi connectivity index (χ3v) is 6.33. The monoisotopic (exact) mass is 549 g/mol. The number of nitrogens with zero attached hydrogens (tertiary/aromatic N) is 5. The normalized spacial score (nSPS) is 12.7. The Morgan fingerprint density at radius 3 is 2.48 bits per heavy atom. The molecule has 1 fully saturated rings. The van der Waals surface area contributed by atoms with Gasteiger partial charge < -0.3 is 21.1 Å². The van der Waals surface area contributed by atoms with Crippen LogP contribution in [0, 0.1) is 18.6 Å². The van der Waals surface area contributed by atoms with E-state index in [4.69, 9.17) is 15.6 Å². The lowest BCUT2D eigenvalue weighted by Gasteiger charge is -2.11. The van der Waals surface area contributed by atoms with Crippen LogP contribution in [0.1, 0.15) is 42.5 Å². The Bertz CT molecular complexity index is 1500. The van der Waals surface area contributed by atoms with Crippen molar-refractivity contribution < 1.29 is 18.3 Å². The molecule has 5 N–H and O–H groups in total. The molecule has 1 aliphatic rings. The fraction of sp³-hybridized carbons (Fsp3) is 0.296. The SMILES string of the molecule is CCOc1cc(F)c(Cn2nc(-c3nc(NC(=O)NCN)cc(Nc4ccncc4)n3)c(C)c2C2CC2)c(F)c1. The molecule has 5 rings (SSSR count). The van der Waals surface area contributed by atoms with Crippen molar-refractivity contribution in [1.29, 1.82) is 0 Å². The lowest BCUT2D eigenvalue weighted by molar-refractivity contribution is 0.252. The summed E-state index contributed by atoms with van der Waals surface area (Å²) in [6.07, 6.45) is 5.14.